The first-order valence-corrected chi connectivity index (χ1v) is 5.24. The van der Waals surface area contributed by atoms with E-state index in [0.29, 0.717) is 0 Å². The second-order valence-corrected chi connectivity index (χ2v) is 3.87. The molecule has 1 rings (SSSR count). The largest absolute Gasteiger partial charge is 0.394 e. The smallest absolute Gasteiger partial charge is 0.132 e. The van der Waals surface area contributed by atoms with Gasteiger partial charge in [-0.25, -0.2) is 0 Å². The maximum atomic E-state index is 9.38. The summed E-state index contributed by atoms with van der Waals surface area (Å²) in [4.78, 5) is 0. The number of thioether (sulfide) groups is 1. The third kappa shape index (κ3) is 2.15. The lowest BCUT2D eigenvalue weighted by Gasteiger charge is -2.39. The lowest BCUT2D eigenvalue weighted by Crippen LogP contribution is -2.57. The highest BCUT2D eigenvalue weighted by atomic mass is 32.2. The van der Waals surface area contributed by atoms with E-state index in [4.69, 9.17) is 9.84 Å². The molecule has 0 radical (unpaired) electrons. The molecule has 1 saturated heterocycles. The maximum Gasteiger partial charge on any atom is 0.132 e. The van der Waals surface area contributed by atoms with Crippen LogP contribution < -0.4 is 0 Å². The Hall–Kier alpha value is 0.150. The summed E-state index contributed by atoms with van der Waals surface area (Å²) in [7, 11) is 0. The van der Waals surface area contributed by atoms with Gasteiger partial charge in [0.15, 0.2) is 0 Å². The molecule has 0 amide bonds. The van der Waals surface area contributed by atoms with E-state index < -0.39 is 29.9 Å². The van der Waals surface area contributed by atoms with Crippen molar-refractivity contribution >= 4 is 11.8 Å². The van der Waals surface area contributed by atoms with E-state index in [1.807, 2.05) is 0 Å². The summed E-state index contributed by atoms with van der Waals surface area (Å²) in [5.74, 6) is 0. The van der Waals surface area contributed by atoms with E-state index >= 15 is 0 Å². The zero-order valence-corrected chi connectivity index (χ0v) is 8.02. The summed E-state index contributed by atoms with van der Waals surface area (Å²) in [6.45, 7) is -0.373. The van der Waals surface area contributed by atoms with Gasteiger partial charge < -0.3 is 25.2 Å². The Morgan fingerprint density at radius 3 is 2.23 bits per heavy atom. The first-order valence-electron chi connectivity index (χ1n) is 3.95. The zero-order chi connectivity index (χ0) is 10.0. The molecule has 1 fully saturated rings. The highest BCUT2D eigenvalue weighted by Gasteiger charge is 2.42. The van der Waals surface area contributed by atoms with E-state index in [-0.39, 0.29) is 6.61 Å². The van der Waals surface area contributed by atoms with Crippen molar-refractivity contribution in [3.05, 3.63) is 0 Å². The number of aliphatic hydroxyl groups excluding tert-OH is 4. The number of rotatable bonds is 2. The van der Waals surface area contributed by atoms with Gasteiger partial charge in [-0.05, 0) is 6.26 Å². The van der Waals surface area contributed by atoms with Crippen LogP contribution in [0.25, 0.3) is 0 Å². The minimum Gasteiger partial charge on any atom is -0.394 e. The van der Waals surface area contributed by atoms with Crippen molar-refractivity contribution in [1.82, 2.24) is 0 Å². The highest BCUT2D eigenvalue weighted by Crippen LogP contribution is 2.26. The molecule has 0 aromatic heterocycles. The quantitative estimate of drug-likeness (QED) is 0.428. The molecule has 78 valence electrons. The summed E-state index contributed by atoms with van der Waals surface area (Å²) >= 11 is 1.22. The lowest BCUT2D eigenvalue weighted by molar-refractivity contribution is -0.205. The third-order valence-corrected chi connectivity index (χ3v) is 2.94. The van der Waals surface area contributed by atoms with Gasteiger partial charge in [0.1, 0.15) is 29.9 Å². The molecule has 0 spiro atoms. The van der Waals surface area contributed by atoms with Crippen molar-refractivity contribution in [2.24, 2.45) is 0 Å². The van der Waals surface area contributed by atoms with Crippen LogP contribution in [-0.4, -0.2) is 63.1 Å². The molecule has 5 nitrogen and oxygen atoms in total. The van der Waals surface area contributed by atoms with Crippen LogP contribution >= 0.6 is 11.8 Å². The van der Waals surface area contributed by atoms with E-state index in [9.17, 15) is 15.3 Å². The topological polar surface area (TPSA) is 90.2 Å². The molecular formula is C7H14O5S. The Morgan fingerprint density at radius 2 is 1.77 bits per heavy atom. The van der Waals surface area contributed by atoms with Crippen LogP contribution in [0.5, 0.6) is 0 Å². The summed E-state index contributed by atoms with van der Waals surface area (Å²) in [5.41, 5.74) is -0.601. The van der Waals surface area contributed by atoms with E-state index in [1.54, 1.807) is 6.26 Å². The van der Waals surface area contributed by atoms with Crippen molar-refractivity contribution in [3.8, 4) is 0 Å². The van der Waals surface area contributed by atoms with Crippen molar-refractivity contribution in [3.63, 3.8) is 0 Å². The van der Waals surface area contributed by atoms with Crippen LogP contribution in [0, 0.1) is 0 Å². The van der Waals surface area contributed by atoms with Gasteiger partial charge in [0, 0.05) is 0 Å². The predicted octanol–water partition coefficient (Wildman–Crippen LogP) is -1.85. The summed E-state index contributed by atoms with van der Waals surface area (Å²) in [6, 6.07) is 0. The van der Waals surface area contributed by atoms with Crippen LogP contribution in [0.4, 0.5) is 0 Å². The molecule has 0 unspecified atom stereocenters. The maximum absolute atomic E-state index is 9.38. The molecule has 1 aliphatic heterocycles. The molecule has 0 bridgehead atoms. The van der Waals surface area contributed by atoms with Gasteiger partial charge in [-0.3, -0.25) is 0 Å². The number of hydrogen-bond donors (Lipinski definition) is 4. The van der Waals surface area contributed by atoms with Crippen LogP contribution in [0.15, 0.2) is 0 Å². The summed E-state index contributed by atoms with van der Waals surface area (Å²) < 4.78 is 5.13. The molecule has 6 heteroatoms. The monoisotopic (exact) mass is 210 g/mol. The number of aliphatic hydroxyl groups is 4. The highest BCUT2D eigenvalue weighted by molar-refractivity contribution is 7.99. The minimum absolute atomic E-state index is 0.373. The fourth-order valence-corrected chi connectivity index (χ4v) is 1.96. The van der Waals surface area contributed by atoms with Crippen LogP contribution in [-0.2, 0) is 4.74 Å². The average molecular weight is 210 g/mol. The first-order chi connectivity index (χ1) is 6.11. The molecular weight excluding hydrogens is 196 g/mol. The van der Waals surface area contributed by atoms with Gasteiger partial charge >= 0.3 is 0 Å². The van der Waals surface area contributed by atoms with Gasteiger partial charge in [-0.2, -0.15) is 0 Å². The number of hydrogen-bond acceptors (Lipinski definition) is 6. The Bertz CT molecular complexity index is 147. The molecule has 1 aliphatic rings. The van der Waals surface area contributed by atoms with E-state index in [0.717, 1.165) is 0 Å². The lowest BCUT2D eigenvalue weighted by atomic mass is 10.0. The van der Waals surface area contributed by atoms with Crippen molar-refractivity contribution in [2.45, 2.75) is 29.9 Å². The number of ether oxygens (including phenoxy) is 1. The van der Waals surface area contributed by atoms with Crippen molar-refractivity contribution in [2.75, 3.05) is 12.9 Å². The Morgan fingerprint density at radius 1 is 1.15 bits per heavy atom. The predicted molar refractivity (Wildman–Crippen MR) is 47.3 cm³/mol. The fourth-order valence-electron chi connectivity index (χ4n) is 1.26. The standard InChI is InChI=1S/C7H14O5S/c1-13-7-6(11)5(10)4(9)3(2-8)12-7/h3-11H,2H2,1H3/t3-,4+,5+,6+,7+/m1/s1. The second kappa shape index (κ2) is 4.59. The summed E-state index contributed by atoms with van der Waals surface area (Å²) in [6.07, 6.45) is -2.72. The minimum atomic E-state index is -1.26. The van der Waals surface area contributed by atoms with Gasteiger partial charge in [0.2, 0.25) is 0 Å². The molecule has 0 saturated carbocycles. The Labute approximate surface area is 80.3 Å². The average Bonchev–Trinajstić information content (AvgIpc) is 2.15. The van der Waals surface area contributed by atoms with Crippen LogP contribution in [0.2, 0.25) is 0 Å². The summed E-state index contributed by atoms with van der Waals surface area (Å²) in [5, 5.41) is 36.8. The Balaban J connectivity index is 2.66. The normalized spacial score (nSPS) is 46.4. The van der Waals surface area contributed by atoms with E-state index in [1.165, 1.54) is 11.8 Å². The van der Waals surface area contributed by atoms with Gasteiger partial charge in [0.05, 0.1) is 6.61 Å². The van der Waals surface area contributed by atoms with E-state index in [2.05, 4.69) is 0 Å². The van der Waals surface area contributed by atoms with Crippen molar-refractivity contribution < 1.29 is 25.2 Å². The van der Waals surface area contributed by atoms with Crippen LogP contribution in [0.3, 0.4) is 0 Å². The van der Waals surface area contributed by atoms with Gasteiger partial charge in [-0.1, -0.05) is 0 Å². The SMILES string of the molecule is CS[C@@H]1O[C@H](CO)[C@H](O)[C@H](O)[C@@H]1O. The molecule has 1 heterocycles. The first kappa shape index (κ1) is 11.2. The zero-order valence-electron chi connectivity index (χ0n) is 7.20. The molecule has 4 N–H and O–H groups in total. The molecule has 13 heavy (non-hydrogen) atoms. The molecule has 5 atom stereocenters. The molecule has 0 aromatic carbocycles. The van der Waals surface area contributed by atoms with Crippen LogP contribution in [0.1, 0.15) is 0 Å². The second-order valence-electron chi connectivity index (χ2n) is 2.93. The van der Waals surface area contributed by atoms with Gasteiger partial charge in [0.25, 0.3) is 0 Å². The molecule has 0 aromatic rings. The van der Waals surface area contributed by atoms with Crippen molar-refractivity contribution in [1.29, 1.82) is 0 Å². The van der Waals surface area contributed by atoms with Gasteiger partial charge in [-0.15, -0.1) is 11.8 Å². The third-order valence-electron chi connectivity index (χ3n) is 2.08. The molecule has 0 aliphatic carbocycles. The fraction of sp³-hybridized carbons (Fsp3) is 1.00. The Kier molecular flexibility index (Phi) is 3.96.